The molecule has 0 heterocycles. The third-order valence-corrected chi connectivity index (χ3v) is 7.71. The van der Waals surface area contributed by atoms with E-state index in [2.05, 4.69) is 74.5 Å². The lowest BCUT2D eigenvalue weighted by Crippen LogP contribution is -1.99. The Bertz CT molecular complexity index is 987. The van der Waals surface area contributed by atoms with Gasteiger partial charge in [0.2, 0.25) is 0 Å². The standard InChI is InChI=1S/C36H52O/c1-3-5-7-9-11-12-13-14-16-20-30-37-35-29-28-32-22-18-19-23-34(32)36(35)33-26-24-31(25-27-33)21-17-15-10-8-6-4-2/h18-19,22-29H,3-17,20-21,30H2,1-2H3. The summed E-state index contributed by atoms with van der Waals surface area (Å²) < 4.78 is 6.41. The van der Waals surface area contributed by atoms with Crippen LogP contribution in [-0.4, -0.2) is 6.61 Å². The minimum absolute atomic E-state index is 0.804. The highest BCUT2D eigenvalue weighted by molar-refractivity contribution is 5.99. The smallest absolute Gasteiger partial charge is 0.127 e. The minimum atomic E-state index is 0.804. The van der Waals surface area contributed by atoms with Crippen LogP contribution >= 0.6 is 0 Å². The van der Waals surface area contributed by atoms with Gasteiger partial charge in [-0.25, -0.2) is 0 Å². The predicted molar refractivity (Wildman–Crippen MR) is 164 cm³/mol. The molecule has 0 aliphatic carbocycles. The zero-order valence-electron chi connectivity index (χ0n) is 23.9. The summed E-state index contributed by atoms with van der Waals surface area (Å²) in [6.45, 7) is 5.38. The summed E-state index contributed by atoms with van der Waals surface area (Å²) >= 11 is 0. The monoisotopic (exact) mass is 500 g/mol. The maximum atomic E-state index is 6.41. The average Bonchev–Trinajstić information content (AvgIpc) is 2.94. The molecule has 0 aliphatic heterocycles. The van der Waals surface area contributed by atoms with E-state index in [1.165, 1.54) is 130 Å². The van der Waals surface area contributed by atoms with Crippen molar-refractivity contribution < 1.29 is 4.74 Å². The maximum absolute atomic E-state index is 6.41. The number of fused-ring (bicyclic) bond motifs is 1. The van der Waals surface area contributed by atoms with E-state index in [1.807, 2.05) is 0 Å². The summed E-state index contributed by atoms with van der Waals surface area (Å²) in [6, 6.07) is 22.4. The fraction of sp³-hybridized carbons (Fsp3) is 0.556. The van der Waals surface area contributed by atoms with Crippen LogP contribution in [0, 0.1) is 0 Å². The van der Waals surface area contributed by atoms with Gasteiger partial charge in [0.15, 0.2) is 0 Å². The van der Waals surface area contributed by atoms with Crippen molar-refractivity contribution in [1.29, 1.82) is 0 Å². The first-order chi connectivity index (χ1) is 18.3. The number of benzene rings is 3. The highest BCUT2D eigenvalue weighted by Gasteiger charge is 2.11. The van der Waals surface area contributed by atoms with Gasteiger partial charge in [-0.2, -0.15) is 0 Å². The van der Waals surface area contributed by atoms with E-state index in [0.29, 0.717) is 0 Å². The van der Waals surface area contributed by atoms with E-state index < -0.39 is 0 Å². The zero-order valence-corrected chi connectivity index (χ0v) is 23.9. The Morgan fingerprint density at radius 2 is 1.08 bits per heavy atom. The number of hydrogen-bond donors (Lipinski definition) is 0. The Labute approximate surface area is 228 Å². The number of hydrogen-bond acceptors (Lipinski definition) is 1. The van der Waals surface area contributed by atoms with Crippen molar-refractivity contribution in [2.24, 2.45) is 0 Å². The Hall–Kier alpha value is -2.28. The lowest BCUT2D eigenvalue weighted by molar-refractivity contribution is 0.306. The van der Waals surface area contributed by atoms with Crippen molar-refractivity contribution in [3.8, 4) is 16.9 Å². The molecule has 0 aliphatic rings. The Balaban J connectivity index is 1.52. The van der Waals surface area contributed by atoms with E-state index in [9.17, 15) is 0 Å². The van der Waals surface area contributed by atoms with Gasteiger partial charge >= 0.3 is 0 Å². The molecule has 37 heavy (non-hydrogen) atoms. The van der Waals surface area contributed by atoms with Crippen LogP contribution in [0.4, 0.5) is 0 Å². The van der Waals surface area contributed by atoms with Crippen molar-refractivity contribution in [3.63, 3.8) is 0 Å². The number of ether oxygens (including phenoxy) is 1. The molecule has 3 aromatic carbocycles. The highest BCUT2D eigenvalue weighted by atomic mass is 16.5. The van der Waals surface area contributed by atoms with Gasteiger partial charge in [0.1, 0.15) is 5.75 Å². The molecule has 0 radical (unpaired) electrons. The molecular formula is C36H52O. The molecule has 0 unspecified atom stereocenters. The Morgan fingerprint density at radius 3 is 1.73 bits per heavy atom. The van der Waals surface area contributed by atoms with E-state index in [-0.39, 0.29) is 0 Å². The summed E-state index contributed by atoms with van der Waals surface area (Å²) in [4.78, 5) is 0. The van der Waals surface area contributed by atoms with Gasteiger partial charge in [-0.05, 0) is 47.2 Å². The molecule has 1 nitrogen and oxygen atoms in total. The van der Waals surface area contributed by atoms with Crippen molar-refractivity contribution in [2.45, 2.75) is 123 Å². The first-order valence-electron chi connectivity index (χ1n) is 15.6. The second-order valence-corrected chi connectivity index (χ2v) is 10.9. The van der Waals surface area contributed by atoms with Gasteiger partial charge in [0.05, 0.1) is 6.61 Å². The van der Waals surface area contributed by atoms with E-state index in [4.69, 9.17) is 4.74 Å². The van der Waals surface area contributed by atoms with Crippen LogP contribution in [0.25, 0.3) is 21.9 Å². The molecule has 0 fully saturated rings. The summed E-state index contributed by atoms with van der Waals surface area (Å²) in [5.74, 6) is 1.03. The molecule has 0 aromatic heterocycles. The van der Waals surface area contributed by atoms with Crippen LogP contribution in [0.15, 0.2) is 60.7 Å². The van der Waals surface area contributed by atoms with Gasteiger partial charge in [0.25, 0.3) is 0 Å². The summed E-state index contributed by atoms with van der Waals surface area (Å²) in [5, 5.41) is 2.56. The van der Waals surface area contributed by atoms with Gasteiger partial charge in [-0.3, -0.25) is 0 Å². The third-order valence-electron chi connectivity index (χ3n) is 7.71. The molecule has 0 atom stereocenters. The summed E-state index contributed by atoms with van der Waals surface area (Å²) in [6.07, 6.45) is 22.8. The van der Waals surface area contributed by atoms with Crippen molar-refractivity contribution in [1.82, 2.24) is 0 Å². The predicted octanol–water partition coefficient (Wildman–Crippen LogP) is 11.7. The zero-order chi connectivity index (χ0) is 26.0. The number of rotatable bonds is 20. The van der Waals surface area contributed by atoms with E-state index in [1.54, 1.807) is 0 Å². The third kappa shape index (κ3) is 10.5. The molecule has 3 rings (SSSR count). The fourth-order valence-corrected chi connectivity index (χ4v) is 5.39. The Kier molecular flexibility index (Phi) is 14.3. The topological polar surface area (TPSA) is 9.23 Å². The fourth-order valence-electron chi connectivity index (χ4n) is 5.39. The first kappa shape index (κ1) is 29.3. The molecule has 0 saturated heterocycles. The number of aryl methyl sites for hydroxylation is 1. The second-order valence-electron chi connectivity index (χ2n) is 10.9. The molecular weight excluding hydrogens is 448 g/mol. The number of unbranched alkanes of at least 4 members (excludes halogenated alkanes) is 14. The van der Waals surface area contributed by atoms with E-state index in [0.717, 1.165) is 18.8 Å². The van der Waals surface area contributed by atoms with Crippen LogP contribution in [0.2, 0.25) is 0 Å². The van der Waals surface area contributed by atoms with Crippen molar-refractivity contribution in [2.75, 3.05) is 6.61 Å². The van der Waals surface area contributed by atoms with Crippen molar-refractivity contribution in [3.05, 3.63) is 66.2 Å². The van der Waals surface area contributed by atoms with Gasteiger partial charge < -0.3 is 4.74 Å². The van der Waals surface area contributed by atoms with Gasteiger partial charge in [-0.1, -0.05) is 158 Å². The molecule has 1 heteroatoms. The lowest BCUT2D eigenvalue weighted by atomic mass is 9.95. The molecule has 0 saturated carbocycles. The average molecular weight is 501 g/mol. The molecule has 0 amide bonds. The van der Waals surface area contributed by atoms with Crippen molar-refractivity contribution >= 4 is 10.8 Å². The SMILES string of the molecule is CCCCCCCCCCCCOc1ccc2ccccc2c1-c1ccc(CCCCCCCC)cc1. The quantitative estimate of drug-likeness (QED) is 0.140. The largest absolute Gasteiger partial charge is 0.493 e. The molecule has 0 bridgehead atoms. The maximum Gasteiger partial charge on any atom is 0.127 e. The van der Waals surface area contributed by atoms with Gasteiger partial charge in [-0.15, -0.1) is 0 Å². The molecule has 0 spiro atoms. The highest BCUT2D eigenvalue weighted by Crippen LogP contribution is 2.37. The normalized spacial score (nSPS) is 11.3. The summed E-state index contributed by atoms with van der Waals surface area (Å²) in [7, 11) is 0. The Morgan fingerprint density at radius 1 is 0.514 bits per heavy atom. The minimum Gasteiger partial charge on any atom is -0.493 e. The molecule has 3 aromatic rings. The molecule has 0 N–H and O–H groups in total. The van der Waals surface area contributed by atoms with E-state index >= 15 is 0 Å². The second kappa shape index (κ2) is 18.1. The van der Waals surface area contributed by atoms with Crippen LogP contribution in [-0.2, 0) is 6.42 Å². The molecule has 202 valence electrons. The first-order valence-corrected chi connectivity index (χ1v) is 15.6. The van der Waals surface area contributed by atoms with Crippen LogP contribution in [0.1, 0.15) is 122 Å². The lowest BCUT2D eigenvalue weighted by Gasteiger charge is -2.15. The van der Waals surface area contributed by atoms with Crippen LogP contribution in [0.3, 0.4) is 0 Å². The van der Waals surface area contributed by atoms with Gasteiger partial charge in [0, 0.05) is 5.56 Å². The van der Waals surface area contributed by atoms with Crippen LogP contribution < -0.4 is 4.74 Å². The van der Waals surface area contributed by atoms with Crippen LogP contribution in [0.5, 0.6) is 5.75 Å². The summed E-state index contributed by atoms with van der Waals surface area (Å²) in [5.41, 5.74) is 3.96.